The molecular formula is C29H23N3O2S2. The number of rotatable bonds is 8. The number of amides is 2. The summed E-state index contributed by atoms with van der Waals surface area (Å²) >= 11 is 2.72. The molecule has 1 unspecified atom stereocenters. The monoisotopic (exact) mass is 509 g/mol. The third-order valence-electron chi connectivity index (χ3n) is 5.23. The van der Waals surface area contributed by atoms with E-state index in [4.69, 9.17) is 0 Å². The molecule has 1 aromatic heterocycles. The lowest BCUT2D eigenvalue weighted by molar-refractivity contribution is -0.115. The number of thiophene rings is 1. The van der Waals surface area contributed by atoms with E-state index in [2.05, 4.69) is 16.7 Å². The summed E-state index contributed by atoms with van der Waals surface area (Å²) in [4.78, 5) is 26.0. The molecule has 2 amide bonds. The number of carbonyl (C=O) groups is 2. The second-order valence-corrected chi connectivity index (χ2v) is 10.1. The van der Waals surface area contributed by atoms with Crippen LogP contribution in [0.25, 0.3) is 17.2 Å². The maximum absolute atomic E-state index is 12.9. The summed E-state index contributed by atoms with van der Waals surface area (Å²) < 4.78 is 0. The van der Waals surface area contributed by atoms with Crippen LogP contribution < -0.4 is 10.6 Å². The molecule has 0 radical (unpaired) electrons. The van der Waals surface area contributed by atoms with Crippen LogP contribution >= 0.6 is 23.1 Å². The SMILES string of the molecule is CC(Sc1cccc(NC(=O)/C=C/c2ccccc2)c1)C(=O)Nc1scc(-c2ccccc2)c1C#N. The van der Waals surface area contributed by atoms with Crippen molar-refractivity contribution in [1.29, 1.82) is 5.26 Å². The van der Waals surface area contributed by atoms with E-state index in [0.717, 1.165) is 21.6 Å². The van der Waals surface area contributed by atoms with Gasteiger partial charge in [-0.15, -0.1) is 23.1 Å². The number of benzene rings is 3. The average Bonchev–Trinajstić information content (AvgIpc) is 3.31. The van der Waals surface area contributed by atoms with Crippen molar-refractivity contribution in [3.8, 4) is 17.2 Å². The van der Waals surface area contributed by atoms with E-state index in [1.165, 1.54) is 29.2 Å². The topological polar surface area (TPSA) is 82.0 Å². The Bertz CT molecular complexity index is 1420. The fourth-order valence-corrected chi connectivity index (χ4v) is 5.28. The molecule has 0 aliphatic carbocycles. The smallest absolute Gasteiger partial charge is 0.248 e. The second-order valence-electron chi connectivity index (χ2n) is 7.84. The van der Waals surface area contributed by atoms with Crippen LogP contribution in [-0.2, 0) is 9.59 Å². The summed E-state index contributed by atoms with van der Waals surface area (Å²) in [7, 11) is 0. The van der Waals surface area contributed by atoms with Gasteiger partial charge in [-0.1, -0.05) is 66.7 Å². The summed E-state index contributed by atoms with van der Waals surface area (Å²) in [6.45, 7) is 1.81. The molecule has 178 valence electrons. The van der Waals surface area contributed by atoms with Gasteiger partial charge < -0.3 is 10.6 Å². The number of nitriles is 1. The van der Waals surface area contributed by atoms with Gasteiger partial charge in [0.2, 0.25) is 11.8 Å². The second kappa shape index (κ2) is 12.0. The molecule has 0 aliphatic heterocycles. The number of thioether (sulfide) groups is 1. The zero-order valence-corrected chi connectivity index (χ0v) is 21.1. The number of hydrogen-bond acceptors (Lipinski definition) is 5. The van der Waals surface area contributed by atoms with Gasteiger partial charge in [0.15, 0.2) is 0 Å². The molecule has 0 spiro atoms. The van der Waals surface area contributed by atoms with Crippen LogP contribution in [-0.4, -0.2) is 17.1 Å². The van der Waals surface area contributed by atoms with Gasteiger partial charge in [0, 0.05) is 27.6 Å². The average molecular weight is 510 g/mol. The molecule has 4 aromatic rings. The predicted molar refractivity (Wildman–Crippen MR) is 149 cm³/mol. The number of nitrogens with zero attached hydrogens (tertiary/aromatic N) is 1. The first kappa shape index (κ1) is 25.0. The van der Waals surface area contributed by atoms with Crippen LogP contribution in [0.15, 0.2) is 101 Å². The Labute approximate surface area is 218 Å². The minimum atomic E-state index is -0.414. The first-order chi connectivity index (χ1) is 17.5. The standard InChI is InChI=1S/C29H23N3O2S2/c1-20(28(34)32-29-25(18-30)26(19-35-29)22-11-6-3-7-12-22)36-24-14-8-13-23(17-24)31-27(33)16-15-21-9-4-2-5-10-21/h2-17,19-20H,1H3,(H,31,33)(H,32,34)/b16-15+. The van der Waals surface area contributed by atoms with Crippen molar-refractivity contribution >= 4 is 51.7 Å². The maximum Gasteiger partial charge on any atom is 0.248 e. The maximum atomic E-state index is 12.9. The predicted octanol–water partition coefficient (Wildman–Crippen LogP) is 7.06. The van der Waals surface area contributed by atoms with Crippen LogP contribution in [0, 0.1) is 11.3 Å². The Morgan fingerprint density at radius 3 is 2.42 bits per heavy atom. The van der Waals surface area contributed by atoms with Gasteiger partial charge in [-0.25, -0.2) is 0 Å². The summed E-state index contributed by atoms with van der Waals surface area (Å²) in [5.74, 6) is -0.430. The highest BCUT2D eigenvalue weighted by atomic mass is 32.2. The van der Waals surface area contributed by atoms with E-state index in [-0.39, 0.29) is 11.8 Å². The molecule has 0 fully saturated rings. The van der Waals surface area contributed by atoms with E-state index in [1.807, 2.05) is 91.2 Å². The Morgan fingerprint density at radius 1 is 0.972 bits per heavy atom. The van der Waals surface area contributed by atoms with E-state index >= 15 is 0 Å². The van der Waals surface area contributed by atoms with Crippen molar-refractivity contribution in [2.75, 3.05) is 10.6 Å². The molecule has 0 bridgehead atoms. The van der Waals surface area contributed by atoms with E-state index < -0.39 is 5.25 Å². The number of anilines is 2. The van der Waals surface area contributed by atoms with Gasteiger partial charge in [0.05, 0.1) is 10.8 Å². The molecule has 36 heavy (non-hydrogen) atoms. The molecule has 0 aliphatic rings. The minimum absolute atomic E-state index is 0.196. The molecular weight excluding hydrogens is 486 g/mol. The highest BCUT2D eigenvalue weighted by Crippen LogP contribution is 2.35. The van der Waals surface area contributed by atoms with E-state index in [9.17, 15) is 14.9 Å². The van der Waals surface area contributed by atoms with Gasteiger partial charge >= 0.3 is 0 Å². The fourth-order valence-electron chi connectivity index (χ4n) is 3.43. The molecule has 1 atom stereocenters. The van der Waals surface area contributed by atoms with Crippen molar-refractivity contribution in [3.63, 3.8) is 0 Å². The van der Waals surface area contributed by atoms with Crippen molar-refractivity contribution in [1.82, 2.24) is 0 Å². The lowest BCUT2D eigenvalue weighted by atomic mass is 10.1. The largest absolute Gasteiger partial charge is 0.322 e. The first-order valence-corrected chi connectivity index (χ1v) is 13.0. The van der Waals surface area contributed by atoms with Gasteiger partial charge in [-0.2, -0.15) is 5.26 Å². The lowest BCUT2D eigenvalue weighted by Crippen LogP contribution is -2.22. The zero-order valence-electron chi connectivity index (χ0n) is 19.5. The van der Waals surface area contributed by atoms with Crippen LogP contribution in [0.2, 0.25) is 0 Å². The highest BCUT2D eigenvalue weighted by Gasteiger charge is 2.19. The Morgan fingerprint density at radius 2 is 1.69 bits per heavy atom. The van der Waals surface area contributed by atoms with Crippen LogP contribution in [0.5, 0.6) is 0 Å². The van der Waals surface area contributed by atoms with Crippen molar-refractivity contribution in [2.24, 2.45) is 0 Å². The van der Waals surface area contributed by atoms with Crippen LogP contribution in [0.4, 0.5) is 10.7 Å². The Hall–Kier alpha value is -4.12. The molecule has 5 nitrogen and oxygen atoms in total. The molecule has 1 heterocycles. The van der Waals surface area contributed by atoms with Crippen molar-refractivity contribution in [3.05, 3.63) is 108 Å². The Balaban J connectivity index is 1.38. The first-order valence-electron chi connectivity index (χ1n) is 11.2. The third-order valence-corrected chi connectivity index (χ3v) is 7.22. The summed E-state index contributed by atoms with van der Waals surface area (Å²) in [5.41, 5.74) is 3.80. The van der Waals surface area contributed by atoms with E-state index in [0.29, 0.717) is 16.3 Å². The molecule has 0 saturated heterocycles. The fraction of sp³-hybridized carbons (Fsp3) is 0.0690. The van der Waals surface area contributed by atoms with Crippen LogP contribution in [0.1, 0.15) is 18.1 Å². The van der Waals surface area contributed by atoms with Crippen LogP contribution in [0.3, 0.4) is 0 Å². The van der Waals surface area contributed by atoms with Gasteiger partial charge in [-0.05, 0) is 42.3 Å². The molecule has 0 saturated carbocycles. The quantitative estimate of drug-likeness (QED) is 0.197. The number of hydrogen-bond donors (Lipinski definition) is 2. The molecule has 7 heteroatoms. The van der Waals surface area contributed by atoms with E-state index in [1.54, 1.807) is 12.1 Å². The van der Waals surface area contributed by atoms with Gasteiger partial charge in [-0.3, -0.25) is 9.59 Å². The zero-order chi connectivity index (χ0) is 25.3. The van der Waals surface area contributed by atoms with Gasteiger partial charge in [0.25, 0.3) is 0 Å². The van der Waals surface area contributed by atoms with Gasteiger partial charge in [0.1, 0.15) is 11.1 Å². The minimum Gasteiger partial charge on any atom is -0.322 e. The van der Waals surface area contributed by atoms with Crippen molar-refractivity contribution < 1.29 is 9.59 Å². The molecule has 4 rings (SSSR count). The normalized spacial score (nSPS) is 11.6. The molecule has 2 N–H and O–H groups in total. The number of carbonyl (C=O) groups excluding carboxylic acids is 2. The molecule has 3 aromatic carbocycles. The summed E-state index contributed by atoms with van der Waals surface area (Å²) in [6.07, 6.45) is 3.24. The Kier molecular flexibility index (Phi) is 8.35. The lowest BCUT2D eigenvalue weighted by Gasteiger charge is -2.12. The summed E-state index contributed by atoms with van der Waals surface area (Å²) in [6, 6.07) is 28.8. The highest BCUT2D eigenvalue weighted by molar-refractivity contribution is 8.00. The van der Waals surface area contributed by atoms with Crippen molar-refractivity contribution in [2.45, 2.75) is 17.1 Å². The summed E-state index contributed by atoms with van der Waals surface area (Å²) in [5, 5.41) is 17.5. The number of nitrogens with one attached hydrogen (secondary N) is 2. The third kappa shape index (κ3) is 6.51.